The summed E-state index contributed by atoms with van der Waals surface area (Å²) < 4.78 is 16.3. The molecule has 172 valence electrons. The third-order valence-corrected chi connectivity index (χ3v) is 5.07. The molecule has 0 spiro atoms. The van der Waals surface area contributed by atoms with Gasteiger partial charge in [-0.15, -0.1) is 0 Å². The standard InChI is InChI=1S/C27H29NO5/c1-4-32-24-16-15-23(17-25(24)31-3)27(30)33-20(2)26(29)28(18-21-11-7-5-8-12-21)19-22-13-9-6-10-14-22/h5-17,20H,4,18-19H2,1-3H3. The van der Waals surface area contributed by atoms with Crippen LogP contribution in [-0.2, 0) is 22.6 Å². The van der Waals surface area contributed by atoms with Gasteiger partial charge >= 0.3 is 5.97 Å². The molecular formula is C27H29NO5. The van der Waals surface area contributed by atoms with Crippen LogP contribution >= 0.6 is 0 Å². The van der Waals surface area contributed by atoms with Gasteiger partial charge in [-0.2, -0.15) is 0 Å². The number of esters is 1. The molecule has 3 aromatic carbocycles. The minimum Gasteiger partial charge on any atom is -0.493 e. The maximum Gasteiger partial charge on any atom is 0.339 e. The molecular weight excluding hydrogens is 418 g/mol. The van der Waals surface area contributed by atoms with Crippen molar-refractivity contribution in [2.75, 3.05) is 13.7 Å². The Kier molecular flexibility index (Phi) is 8.47. The average Bonchev–Trinajstić information content (AvgIpc) is 2.84. The molecule has 0 fully saturated rings. The third-order valence-electron chi connectivity index (χ3n) is 5.07. The molecule has 1 amide bonds. The summed E-state index contributed by atoms with van der Waals surface area (Å²) >= 11 is 0. The molecule has 0 aliphatic carbocycles. The van der Waals surface area contributed by atoms with E-state index in [1.807, 2.05) is 67.6 Å². The van der Waals surface area contributed by atoms with Gasteiger partial charge in [0, 0.05) is 13.1 Å². The highest BCUT2D eigenvalue weighted by Gasteiger charge is 2.25. The van der Waals surface area contributed by atoms with E-state index in [-0.39, 0.29) is 11.5 Å². The Morgan fingerprint density at radius 3 is 1.94 bits per heavy atom. The van der Waals surface area contributed by atoms with E-state index in [2.05, 4.69) is 0 Å². The Morgan fingerprint density at radius 2 is 1.42 bits per heavy atom. The Morgan fingerprint density at radius 1 is 0.848 bits per heavy atom. The van der Waals surface area contributed by atoms with Crippen LogP contribution in [0.5, 0.6) is 11.5 Å². The van der Waals surface area contributed by atoms with Crippen LogP contribution in [0.15, 0.2) is 78.9 Å². The van der Waals surface area contributed by atoms with Gasteiger partial charge in [0.1, 0.15) is 0 Å². The number of methoxy groups -OCH3 is 1. The largest absolute Gasteiger partial charge is 0.493 e. The van der Waals surface area contributed by atoms with E-state index in [1.54, 1.807) is 30.0 Å². The predicted octanol–water partition coefficient (Wildman–Crippen LogP) is 4.87. The Labute approximate surface area is 194 Å². The lowest BCUT2D eigenvalue weighted by Gasteiger charge is -2.26. The fraction of sp³-hybridized carbons (Fsp3) is 0.259. The second-order valence-corrected chi connectivity index (χ2v) is 7.51. The summed E-state index contributed by atoms with van der Waals surface area (Å²) in [5.74, 6) is 0.100. The summed E-state index contributed by atoms with van der Waals surface area (Å²) in [6.07, 6.45) is -0.956. The van der Waals surface area contributed by atoms with Gasteiger partial charge < -0.3 is 19.1 Å². The number of carbonyl (C=O) groups excluding carboxylic acids is 2. The maximum absolute atomic E-state index is 13.3. The summed E-state index contributed by atoms with van der Waals surface area (Å²) in [7, 11) is 1.50. The first kappa shape index (κ1) is 23.9. The lowest BCUT2D eigenvalue weighted by molar-refractivity contribution is -0.141. The van der Waals surface area contributed by atoms with E-state index in [9.17, 15) is 9.59 Å². The van der Waals surface area contributed by atoms with E-state index < -0.39 is 12.1 Å². The first-order valence-electron chi connectivity index (χ1n) is 10.9. The molecule has 0 heterocycles. The van der Waals surface area contributed by atoms with Crippen molar-refractivity contribution < 1.29 is 23.8 Å². The van der Waals surface area contributed by atoms with Crippen molar-refractivity contribution in [1.29, 1.82) is 0 Å². The van der Waals surface area contributed by atoms with E-state index in [0.29, 0.717) is 31.2 Å². The molecule has 0 aromatic heterocycles. The molecule has 3 aromatic rings. The fourth-order valence-corrected chi connectivity index (χ4v) is 3.42. The minimum absolute atomic E-state index is 0.269. The Hall–Kier alpha value is -3.80. The third kappa shape index (κ3) is 6.59. The summed E-state index contributed by atoms with van der Waals surface area (Å²) in [5, 5.41) is 0. The number of benzene rings is 3. The van der Waals surface area contributed by atoms with Crippen molar-refractivity contribution >= 4 is 11.9 Å². The first-order valence-corrected chi connectivity index (χ1v) is 10.9. The van der Waals surface area contributed by atoms with Crippen LogP contribution in [0.1, 0.15) is 35.3 Å². The van der Waals surface area contributed by atoms with Gasteiger partial charge in [-0.3, -0.25) is 4.79 Å². The molecule has 0 saturated carbocycles. The normalized spacial score (nSPS) is 11.4. The molecule has 0 aliphatic rings. The second kappa shape index (κ2) is 11.7. The number of nitrogens with zero attached hydrogens (tertiary/aromatic N) is 1. The van der Waals surface area contributed by atoms with Crippen LogP contribution < -0.4 is 9.47 Å². The van der Waals surface area contributed by atoms with E-state index in [0.717, 1.165) is 11.1 Å². The molecule has 0 radical (unpaired) electrons. The SMILES string of the molecule is CCOc1ccc(C(=O)OC(C)C(=O)N(Cc2ccccc2)Cc2ccccc2)cc1OC. The molecule has 33 heavy (non-hydrogen) atoms. The van der Waals surface area contributed by atoms with Gasteiger partial charge in [0.2, 0.25) is 0 Å². The van der Waals surface area contributed by atoms with Crippen molar-refractivity contribution in [3.05, 3.63) is 95.6 Å². The van der Waals surface area contributed by atoms with Gasteiger partial charge in [0.25, 0.3) is 5.91 Å². The number of amides is 1. The highest BCUT2D eigenvalue weighted by molar-refractivity contribution is 5.92. The van der Waals surface area contributed by atoms with Gasteiger partial charge in [-0.25, -0.2) is 4.79 Å². The van der Waals surface area contributed by atoms with E-state index in [4.69, 9.17) is 14.2 Å². The van der Waals surface area contributed by atoms with Gasteiger partial charge in [0.05, 0.1) is 19.3 Å². The highest BCUT2D eigenvalue weighted by atomic mass is 16.5. The van der Waals surface area contributed by atoms with Crippen LogP contribution in [0, 0.1) is 0 Å². The number of hydrogen-bond acceptors (Lipinski definition) is 5. The van der Waals surface area contributed by atoms with Crippen LogP contribution in [-0.4, -0.2) is 36.6 Å². The van der Waals surface area contributed by atoms with Crippen LogP contribution in [0.4, 0.5) is 0 Å². The van der Waals surface area contributed by atoms with Crippen LogP contribution in [0.25, 0.3) is 0 Å². The van der Waals surface area contributed by atoms with Crippen molar-refractivity contribution in [1.82, 2.24) is 4.90 Å². The van der Waals surface area contributed by atoms with Crippen molar-refractivity contribution in [2.24, 2.45) is 0 Å². The smallest absolute Gasteiger partial charge is 0.339 e. The predicted molar refractivity (Wildman–Crippen MR) is 126 cm³/mol. The summed E-state index contributed by atoms with van der Waals surface area (Å²) in [4.78, 5) is 27.7. The van der Waals surface area contributed by atoms with Crippen molar-refractivity contribution in [3.63, 3.8) is 0 Å². The average molecular weight is 448 g/mol. The summed E-state index contributed by atoms with van der Waals surface area (Å²) in [6, 6.07) is 24.3. The maximum atomic E-state index is 13.3. The zero-order valence-electron chi connectivity index (χ0n) is 19.2. The van der Waals surface area contributed by atoms with Gasteiger partial charge in [0.15, 0.2) is 17.6 Å². The number of hydrogen-bond donors (Lipinski definition) is 0. The van der Waals surface area contributed by atoms with Crippen LogP contribution in [0.2, 0.25) is 0 Å². The summed E-state index contributed by atoms with van der Waals surface area (Å²) in [6.45, 7) is 4.76. The molecule has 0 aliphatic heterocycles. The Balaban J connectivity index is 1.74. The molecule has 1 unspecified atom stereocenters. The summed E-state index contributed by atoms with van der Waals surface area (Å²) in [5.41, 5.74) is 2.28. The minimum atomic E-state index is -0.956. The zero-order valence-corrected chi connectivity index (χ0v) is 19.2. The molecule has 1 atom stereocenters. The molecule has 6 nitrogen and oxygen atoms in total. The van der Waals surface area contributed by atoms with Crippen molar-refractivity contribution in [3.8, 4) is 11.5 Å². The lowest BCUT2D eigenvalue weighted by Crippen LogP contribution is -2.39. The molecule has 6 heteroatoms. The van der Waals surface area contributed by atoms with Gasteiger partial charge in [-0.05, 0) is 43.2 Å². The topological polar surface area (TPSA) is 65.1 Å². The number of ether oxygens (including phenoxy) is 3. The molecule has 0 saturated heterocycles. The first-order chi connectivity index (χ1) is 16.0. The number of carbonyl (C=O) groups is 2. The fourth-order valence-electron chi connectivity index (χ4n) is 3.42. The molecule has 0 N–H and O–H groups in total. The quantitative estimate of drug-likeness (QED) is 0.415. The highest BCUT2D eigenvalue weighted by Crippen LogP contribution is 2.28. The Bertz CT molecular complexity index is 1010. The van der Waals surface area contributed by atoms with Gasteiger partial charge in [-0.1, -0.05) is 60.7 Å². The zero-order chi connectivity index (χ0) is 23.6. The lowest BCUT2D eigenvalue weighted by atomic mass is 10.1. The second-order valence-electron chi connectivity index (χ2n) is 7.51. The van der Waals surface area contributed by atoms with Crippen molar-refractivity contribution in [2.45, 2.75) is 33.0 Å². The van der Waals surface area contributed by atoms with Crippen LogP contribution in [0.3, 0.4) is 0 Å². The molecule has 3 rings (SSSR count). The van der Waals surface area contributed by atoms with E-state index >= 15 is 0 Å². The monoisotopic (exact) mass is 447 g/mol. The van der Waals surface area contributed by atoms with E-state index in [1.165, 1.54) is 7.11 Å². The molecule has 0 bridgehead atoms. The number of rotatable bonds is 10.